The van der Waals surface area contributed by atoms with Crippen molar-refractivity contribution in [1.82, 2.24) is 10.3 Å². The Balaban J connectivity index is 2.34. The molecular formula is C17H24N2S. The molecule has 1 heterocycles. The highest BCUT2D eigenvalue weighted by Crippen LogP contribution is 2.29. The maximum Gasteiger partial charge on any atom is 0.114 e. The van der Waals surface area contributed by atoms with Gasteiger partial charge in [0.15, 0.2) is 0 Å². The SMILES string of the molecule is CCCNC(c1nc(C(C)C)cs1)c1ccccc1C. The Hall–Kier alpha value is -1.19. The van der Waals surface area contributed by atoms with E-state index in [1.54, 1.807) is 11.3 Å². The summed E-state index contributed by atoms with van der Waals surface area (Å²) in [6.07, 6.45) is 1.13. The summed E-state index contributed by atoms with van der Waals surface area (Å²) in [5.74, 6) is 0.490. The Morgan fingerprint density at radius 2 is 2.00 bits per heavy atom. The molecule has 108 valence electrons. The number of aryl methyl sites for hydroxylation is 1. The smallest absolute Gasteiger partial charge is 0.114 e. The van der Waals surface area contributed by atoms with Crippen molar-refractivity contribution >= 4 is 11.3 Å². The second-order valence-corrected chi connectivity index (χ2v) is 6.40. The second kappa shape index (κ2) is 7.00. The number of hydrogen-bond acceptors (Lipinski definition) is 3. The van der Waals surface area contributed by atoms with E-state index in [0.717, 1.165) is 13.0 Å². The number of thiazole rings is 1. The fourth-order valence-corrected chi connectivity index (χ4v) is 3.30. The van der Waals surface area contributed by atoms with Gasteiger partial charge >= 0.3 is 0 Å². The van der Waals surface area contributed by atoms with Crippen molar-refractivity contribution < 1.29 is 0 Å². The highest BCUT2D eigenvalue weighted by molar-refractivity contribution is 7.09. The van der Waals surface area contributed by atoms with Gasteiger partial charge in [-0.2, -0.15) is 0 Å². The van der Waals surface area contributed by atoms with Crippen LogP contribution >= 0.6 is 11.3 Å². The normalized spacial score (nSPS) is 12.8. The fraction of sp³-hybridized carbons (Fsp3) is 0.471. The number of aromatic nitrogens is 1. The molecule has 2 rings (SSSR count). The molecular weight excluding hydrogens is 264 g/mol. The average molecular weight is 288 g/mol. The van der Waals surface area contributed by atoms with Crippen LogP contribution in [0.4, 0.5) is 0 Å². The monoisotopic (exact) mass is 288 g/mol. The minimum Gasteiger partial charge on any atom is -0.304 e. The van der Waals surface area contributed by atoms with Gasteiger partial charge in [-0.1, -0.05) is 45.0 Å². The molecule has 1 N–H and O–H groups in total. The zero-order valence-corrected chi connectivity index (χ0v) is 13.6. The number of nitrogens with zero attached hydrogens (tertiary/aromatic N) is 1. The van der Waals surface area contributed by atoms with Crippen LogP contribution in [0, 0.1) is 6.92 Å². The van der Waals surface area contributed by atoms with Crippen LogP contribution in [0.5, 0.6) is 0 Å². The van der Waals surface area contributed by atoms with E-state index in [2.05, 4.69) is 62.7 Å². The van der Waals surface area contributed by atoms with Crippen molar-refractivity contribution in [2.24, 2.45) is 0 Å². The molecule has 0 saturated carbocycles. The first-order valence-electron chi connectivity index (χ1n) is 7.37. The van der Waals surface area contributed by atoms with Gasteiger partial charge in [0.25, 0.3) is 0 Å². The predicted molar refractivity (Wildman–Crippen MR) is 87.5 cm³/mol. The minimum atomic E-state index is 0.216. The summed E-state index contributed by atoms with van der Waals surface area (Å²) in [5, 5.41) is 7.01. The minimum absolute atomic E-state index is 0.216. The maximum atomic E-state index is 4.84. The predicted octanol–water partition coefficient (Wildman–Crippen LogP) is 4.66. The van der Waals surface area contributed by atoms with Crippen LogP contribution in [0.1, 0.15) is 61.0 Å². The van der Waals surface area contributed by atoms with Gasteiger partial charge in [-0.05, 0) is 36.9 Å². The summed E-state index contributed by atoms with van der Waals surface area (Å²) in [6.45, 7) is 9.77. The summed E-state index contributed by atoms with van der Waals surface area (Å²) in [7, 11) is 0. The Morgan fingerprint density at radius 3 is 2.60 bits per heavy atom. The lowest BCUT2D eigenvalue weighted by Gasteiger charge is -2.18. The molecule has 0 spiro atoms. The van der Waals surface area contributed by atoms with E-state index in [1.807, 2.05) is 0 Å². The first-order chi connectivity index (χ1) is 9.63. The molecule has 1 atom stereocenters. The molecule has 3 heteroatoms. The van der Waals surface area contributed by atoms with Crippen LogP contribution in [-0.4, -0.2) is 11.5 Å². The zero-order valence-electron chi connectivity index (χ0n) is 12.8. The van der Waals surface area contributed by atoms with E-state index in [-0.39, 0.29) is 6.04 Å². The topological polar surface area (TPSA) is 24.9 Å². The standard InChI is InChI=1S/C17H24N2S/c1-5-10-18-16(14-9-7-6-8-13(14)4)17-19-15(11-20-17)12(2)3/h6-9,11-12,16,18H,5,10H2,1-4H3. The fourth-order valence-electron chi connectivity index (χ4n) is 2.23. The molecule has 1 unspecified atom stereocenters. The van der Waals surface area contributed by atoms with Gasteiger partial charge < -0.3 is 5.32 Å². The maximum absolute atomic E-state index is 4.84. The Morgan fingerprint density at radius 1 is 1.25 bits per heavy atom. The van der Waals surface area contributed by atoms with Gasteiger partial charge in [0.1, 0.15) is 5.01 Å². The van der Waals surface area contributed by atoms with Crippen molar-refractivity contribution in [3.05, 3.63) is 51.5 Å². The Labute approximate surface area is 126 Å². The largest absolute Gasteiger partial charge is 0.304 e. The first-order valence-corrected chi connectivity index (χ1v) is 8.25. The lowest BCUT2D eigenvalue weighted by Crippen LogP contribution is -2.23. The third-order valence-electron chi connectivity index (χ3n) is 3.48. The molecule has 0 bridgehead atoms. The van der Waals surface area contributed by atoms with Gasteiger partial charge in [0.05, 0.1) is 11.7 Å². The number of hydrogen-bond donors (Lipinski definition) is 1. The van der Waals surface area contributed by atoms with E-state index >= 15 is 0 Å². The van der Waals surface area contributed by atoms with Crippen molar-refractivity contribution in [1.29, 1.82) is 0 Å². The molecule has 0 amide bonds. The summed E-state index contributed by atoms with van der Waals surface area (Å²) in [5.41, 5.74) is 3.86. The van der Waals surface area contributed by atoms with Crippen molar-refractivity contribution in [3.63, 3.8) is 0 Å². The Kier molecular flexibility index (Phi) is 5.32. The van der Waals surface area contributed by atoms with Crippen molar-refractivity contribution in [3.8, 4) is 0 Å². The molecule has 20 heavy (non-hydrogen) atoms. The summed E-state index contributed by atoms with van der Waals surface area (Å²) in [6, 6.07) is 8.80. The van der Waals surface area contributed by atoms with Crippen LogP contribution in [0.2, 0.25) is 0 Å². The van der Waals surface area contributed by atoms with Crippen molar-refractivity contribution in [2.45, 2.75) is 46.1 Å². The molecule has 0 saturated heterocycles. The van der Waals surface area contributed by atoms with Crippen LogP contribution < -0.4 is 5.32 Å². The van der Waals surface area contributed by atoms with E-state index in [9.17, 15) is 0 Å². The lowest BCUT2D eigenvalue weighted by molar-refractivity contribution is 0.591. The van der Waals surface area contributed by atoms with E-state index in [0.29, 0.717) is 5.92 Å². The average Bonchev–Trinajstić information content (AvgIpc) is 2.91. The first kappa shape index (κ1) is 15.2. The van der Waals surface area contributed by atoms with E-state index < -0.39 is 0 Å². The van der Waals surface area contributed by atoms with Gasteiger partial charge in [-0.3, -0.25) is 0 Å². The molecule has 2 aromatic rings. The third-order valence-corrected chi connectivity index (χ3v) is 4.40. The summed E-state index contributed by atoms with van der Waals surface area (Å²) < 4.78 is 0. The molecule has 1 aromatic carbocycles. The number of rotatable bonds is 6. The van der Waals surface area contributed by atoms with Crippen molar-refractivity contribution in [2.75, 3.05) is 6.54 Å². The lowest BCUT2D eigenvalue weighted by atomic mass is 10.0. The van der Waals surface area contributed by atoms with Crippen LogP contribution in [-0.2, 0) is 0 Å². The summed E-state index contributed by atoms with van der Waals surface area (Å²) >= 11 is 1.77. The highest BCUT2D eigenvalue weighted by atomic mass is 32.1. The molecule has 0 radical (unpaired) electrons. The summed E-state index contributed by atoms with van der Waals surface area (Å²) in [4.78, 5) is 4.84. The second-order valence-electron chi connectivity index (χ2n) is 5.51. The van der Waals surface area contributed by atoms with E-state index in [4.69, 9.17) is 4.98 Å². The van der Waals surface area contributed by atoms with Gasteiger partial charge in [-0.25, -0.2) is 4.98 Å². The number of benzene rings is 1. The quantitative estimate of drug-likeness (QED) is 0.836. The Bertz CT molecular complexity index is 545. The molecule has 0 fully saturated rings. The third kappa shape index (κ3) is 3.47. The van der Waals surface area contributed by atoms with Crippen LogP contribution in [0.25, 0.3) is 0 Å². The van der Waals surface area contributed by atoms with Crippen LogP contribution in [0.15, 0.2) is 29.6 Å². The van der Waals surface area contributed by atoms with E-state index in [1.165, 1.54) is 21.8 Å². The van der Waals surface area contributed by atoms with Gasteiger partial charge in [0.2, 0.25) is 0 Å². The molecule has 1 aromatic heterocycles. The molecule has 0 aliphatic carbocycles. The zero-order chi connectivity index (χ0) is 14.5. The molecule has 2 nitrogen and oxygen atoms in total. The molecule has 0 aliphatic heterocycles. The highest BCUT2D eigenvalue weighted by Gasteiger charge is 2.19. The van der Waals surface area contributed by atoms with Crippen LogP contribution in [0.3, 0.4) is 0 Å². The van der Waals surface area contributed by atoms with Gasteiger partial charge in [-0.15, -0.1) is 11.3 Å². The number of nitrogens with one attached hydrogen (secondary N) is 1. The molecule has 0 aliphatic rings. The van der Waals surface area contributed by atoms with Gasteiger partial charge in [0, 0.05) is 5.38 Å².